The van der Waals surface area contributed by atoms with Crippen molar-refractivity contribution in [3.8, 4) is 17.2 Å². The molecule has 7 saturated heterocycles. The first-order chi connectivity index (χ1) is 37.0. The minimum Gasteiger partial charge on any atom is -0.506 e. The Morgan fingerprint density at radius 3 is 2.08 bits per heavy atom. The van der Waals surface area contributed by atoms with Crippen molar-refractivity contribution in [3.63, 3.8) is 0 Å². The largest absolute Gasteiger partial charge is 0.506 e. The fraction of sp³-hybridized carbons (Fsp3) is 0.759. The van der Waals surface area contributed by atoms with E-state index in [2.05, 4.69) is 0 Å². The molecule has 8 aliphatic heterocycles. The van der Waals surface area contributed by atoms with E-state index in [4.69, 9.17) is 66.3 Å². The Balaban J connectivity index is 1.01. The van der Waals surface area contributed by atoms with Crippen molar-refractivity contribution < 1.29 is 122 Å². The van der Waals surface area contributed by atoms with Crippen molar-refractivity contribution in [2.75, 3.05) is 20.8 Å². The molecule has 0 amide bonds. The van der Waals surface area contributed by atoms with Gasteiger partial charge in [-0.1, -0.05) is 0 Å². The molecule has 1 unspecified atom stereocenters. The van der Waals surface area contributed by atoms with E-state index in [9.17, 15) is 55.2 Å². The zero-order valence-corrected chi connectivity index (χ0v) is 45.7. The normalized spacial score (nSPS) is 47.3. The fourth-order valence-electron chi connectivity index (χ4n) is 14.2. The second-order valence-electron chi connectivity index (χ2n) is 23.4. The van der Waals surface area contributed by atoms with Crippen LogP contribution < -0.4 is 9.47 Å². The maximum Gasteiger partial charge on any atom is 0.303 e. The highest BCUT2D eigenvalue weighted by Gasteiger charge is 2.94. The van der Waals surface area contributed by atoms with Crippen molar-refractivity contribution >= 4 is 28.3 Å². The lowest BCUT2D eigenvalue weighted by atomic mass is 9.74. The van der Waals surface area contributed by atoms with E-state index in [1.165, 1.54) is 35.0 Å². The Morgan fingerprint density at radius 2 is 1.48 bits per heavy atom. The number of carbonyl (C=O) groups is 3. The molecule has 25 heteroatoms. The lowest BCUT2D eigenvalue weighted by Gasteiger charge is -2.54. The number of ether oxygens (including phenoxy) is 14. The van der Waals surface area contributed by atoms with Gasteiger partial charge in [-0.3, -0.25) is 14.4 Å². The van der Waals surface area contributed by atoms with Crippen LogP contribution in [0.1, 0.15) is 127 Å². The molecule has 25 nitrogen and oxygen atoms in total. The summed E-state index contributed by atoms with van der Waals surface area (Å²) in [6, 6.07) is 1.69. The molecule has 438 valence electrons. The van der Waals surface area contributed by atoms with Crippen LogP contribution in [-0.2, 0) is 66.4 Å². The quantitative estimate of drug-likeness (QED) is 0.107. The first-order valence-corrected chi connectivity index (χ1v) is 26.8. The highest BCUT2D eigenvalue weighted by molar-refractivity contribution is 6.13. The minimum absolute atomic E-state index is 0.0451. The van der Waals surface area contributed by atoms with Gasteiger partial charge in [0, 0.05) is 62.7 Å². The van der Waals surface area contributed by atoms with Crippen LogP contribution in [0.25, 0.3) is 10.8 Å². The van der Waals surface area contributed by atoms with Gasteiger partial charge in [-0.2, -0.15) is 0 Å². The van der Waals surface area contributed by atoms with E-state index in [0.29, 0.717) is 11.1 Å². The molecule has 11 rings (SSSR count). The number of rotatable bonds is 12. The summed E-state index contributed by atoms with van der Waals surface area (Å²) in [5.74, 6) is -7.18. The van der Waals surface area contributed by atoms with Crippen LogP contribution in [0.3, 0.4) is 0 Å². The molecule has 79 heavy (non-hydrogen) atoms. The monoisotopic (exact) mass is 1120 g/mol. The smallest absolute Gasteiger partial charge is 0.303 e. The van der Waals surface area contributed by atoms with Crippen molar-refractivity contribution in [1.82, 2.24) is 0 Å². The number of carbonyl (C=O) groups excluding carboxylic acids is 3. The fourth-order valence-corrected chi connectivity index (χ4v) is 14.2. The third-order valence-corrected chi connectivity index (χ3v) is 18.0. The van der Waals surface area contributed by atoms with Gasteiger partial charge in [-0.05, 0) is 67.0 Å². The number of benzene rings is 2. The lowest BCUT2D eigenvalue weighted by molar-refractivity contribution is -0.380. The van der Waals surface area contributed by atoms with Gasteiger partial charge in [0.25, 0.3) is 5.79 Å². The number of aliphatic hydroxyl groups is 7. The highest BCUT2D eigenvalue weighted by atomic mass is 16.9. The van der Waals surface area contributed by atoms with Crippen molar-refractivity contribution in [3.05, 3.63) is 28.3 Å². The number of fused-ring (bicyclic) bond motifs is 8. The second-order valence-corrected chi connectivity index (χ2v) is 23.4. The van der Waals surface area contributed by atoms with Crippen molar-refractivity contribution in [2.45, 2.75) is 239 Å². The number of esters is 1. The average molecular weight is 1120 g/mol. The van der Waals surface area contributed by atoms with Gasteiger partial charge in [-0.25, -0.2) is 0 Å². The number of epoxide rings is 1. The van der Waals surface area contributed by atoms with Gasteiger partial charge in [-0.15, -0.1) is 0 Å². The van der Waals surface area contributed by atoms with Gasteiger partial charge in [0.05, 0.1) is 79.1 Å². The summed E-state index contributed by atoms with van der Waals surface area (Å²) >= 11 is 0. The number of aliphatic hydroxyl groups excluding tert-OH is 4. The summed E-state index contributed by atoms with van der Waals surface area (Å²) in [5.41, 5.74) is -6.98. The summed E-state index contributed by atoms with van der Waals surface area (Å²) < 4.78 is 90.5. The van der Waals surface area contributed by atoms with Crippen LogP contribution >= 0.6 is 0 Å². The molecule has 7 fully saturated rings. The summed E-state index contributed by atoms with van der Waals surface area (Å²) in [6.07, 6.45) is -22.5. The minimum atomic E-state index is -2.32. The lowest BCUT2D eigenvalue weighted by Crippen LogP contribution is -2.73. The van der Waals surface area contributed by atoms with Crippen LogP contribution in [-0.4, -0.2) is 211 Å². The molecule has 0 aromatic heterocycles. The molecule has 2 bridgehead atoms. The maximum absolute atomic E-state index is 14.4. The first-order valence-electron chi connectivity index (χ1n) is 26.8. The van der Waals surface area contributed by atoms with E-state index < -0.39 is 174 Å². The molecule has 0 saturated carbocycles. The van der Waals surface area contributed by atoms with Crippen LogP contribution in [0.2, 0.25) is 0 Å². The maximum atomic E-state index is 14.4. The molecule has 9 aliphatic rings. The standard InChI is InChI=1S/C54H72O25/c1-19-12-26-36(41(62)38-37(42(26)66-10)29(13-27(57)40(38)61)74-34-17-50(9,64)45(22(4)71-34)73-25(7)56)43-35(19)44-48-54(77-43,76-33-15-31(59)52(65,23(5)55)24(6)72-33)51(18-68-51)53(78-44,79-48)47(67-11)30-16-49(8,63)46(21(3)69-30)75-32-14-28(58)39(60)20(2)70-32/h12,20-22,24,27-34,39,44-48,57-60,62-65H,13-18H2,1-11H3/t20-,21+,22-,24-,27-,28+,29-,30-,31+,32-,33-,34-,39+,44-,45+,46-,47?,48-,49-,50+,51-,52+,53+,54+/m0/s1. The summed E-state index contributed by atoms with van der Waals surface area (Å²) in [4.78, 5) is 39.2. The number of aryl methyl sites for hydroxylation is 1. The molecule has 8 heterocycles. The molecule has 2 aromatic carbocycles. The number of phenolic OH excluding ortho intramolecular Hbond substituents is 1. The Labute approximate surface area is 454 Å². The highest BCUT2D eigenvalue weighted by Crippen LogP contribution is 2.73. The number of hydrogen-bond acceptors (Lipinski definition) is 25. The molecule has 8 N–H and O–H groups in total. The summed E-state index contributed by atoms with van der Waals surface area (Å²) in [5, 5.41) is 91.9. The van der Waals surface area contributed by atoms with Gasteiger partial charge in [0.1, 0.15) is 53.4 Å². The van der Waals surface area contributed by atoms with Crippen LogP contribution in [0.15, 0.2) is 6.07 Å². The molecule has 0 radical (unpaired) electrons. The molecule has 2 aromatic rings. The Hall–Kier alpha value is -3.81. The number of aromatic hydroxyl groups is 1. The Morgan fingerprint density at radius 1 is 0.810 bits per heavy atom. The average Bonchev–Trinajstić information content (AvgIpc) is 2.91. The van der Waals surface area contributed by atoms with E-state index in [1.807, 2.05) is 0 Å². The van der Waals surface area contributed by atoms with Crippen LogP contribution in [0, 0.1) is 6.92 Å². The number of ketones is 2. The molecule has 1 aliphatic carbocycles. The third kappa shape index (κ3) is 8.35. The van der Waals surface area contributed by atoms with Crippen LogP contribution in [0.4, 0.5) is 0 Å². The molecule has 1 spiro atoms. The first kappa shape index (κ1) is 57.0. The predicted octanol–water partition coefficient (Wildman–Crippen LogP) is 0.727. The Kier molecular flexibility index (Phi) is 14.0. The van der Waals surface area contributed by atoms with Gasteiger partial charge < -0.3 is 107 Å². The van der Waals surface area contributed by atoms with E-state index in [1.54, 1.807) is 40.7 Å². The predicted molar refractivity (Wildman–Crippen MR) is 262 cm³/mol. The van der Waals surface area contributed by atoms with Gasteiger partial charge in [0.2, 0.25) is 11.4 Å². The second kappa shape index (κ2) is 19.4. The van der Waals surface area contributed by atoms with E-state index in [0.717, 1.165) is 6.92 Å². The third-order valence-electron chi connectivity index (χ3n) is 18.0. The topological polar surface area (TPSA) is 346 Å². The zero-order chi connectivity index (χ0) is 57.2. The number of methoxy groups -OCH3 is 2. The molecular weight excluding hydrogens is 1050 g/mol. The van der Waals surface area contributed by atoms with Crippen LogP contribution in [0.5, 0.6) is 17.2 Å². The van der Waals surface area contributed by atoms with E-state index >= 15 is 0 Å². The van der Waals surface area contributed by atoms with Gasteiger partial charge in [0.15, 0.2) is 48.2 Å². The number of Topliss-reactive ketones (excluding diaryl/α,β-unsaturated/α-hetero) is 2. The SMILES string of the molecule is COc1c2c(c(O)c3c4c(c(C)cc13)[C@@H]1O[C@]3(C(OC)[C@@H]5C[C@](C)(O)[C@@H](O[C@H]6C[C@@H](O)[C@H](O)[C@H](C)O6)[C@@H](C)O5)O[C@@H]1[C@@](O[C@H]1C[C@@H](O)[C@@](O)(C(C)=O)[C@H](C)O1)(O4)[C@]31CO1)C(=O)[C@@H](O)C[C@@H]2O[C@H]1C[C@@](C)(O)[C@H](OC(C)=O)[C@H](C)O1. The summed E-state index contributed by atoms with van der Waals surface area (Å²) in [7, 11) is 2.74. The number of phenols is 1. The molecular formula is C54H72O25. The zero-order valence-electron chi connectivity index (χ0n) is 45.7. The van der Waals surface area contributed by atoms with Gasteiger partial charge >= 0.3 is 5.97 Å². The molecule has 24 atom stereocenters. The summed E-state index contributed by atoms with van der Waals surface area (Å²) in [6.45, 7) is 13.2. The van der Waals surface area contributed by atoms with Crippen molar-refractivity contribution in [1.29, 1.82) is 0 Å². The van der Waals surface area contributed by atoms with E-state index in [-0.39, 0.29) is 65.7 Å². The van der Waals surface area contributed by atoms with Crippen molar-refractivity contribution in [2.24, 2.45) is 0 Å². The number of hydrogen-bond donors (Lipinski definition) is 8. The Bertz CT molecular complexity index is 2760.